The third-order valence-electron chi connectivity index (χ3n) is 3.68. The van der Waals surface area contributed by atoms with Crippen molar-refractivity contribution in [2.75, 3.05) is 18.0 Å². The van der Waals surface area contributed by atoms with Crippen molar-refractivity contribution >= 4 is 11.7 Å². The Hall–Kier alpha value is -1.72. The van der Waals surface area contributed by atoms with E-state index in [0.717, 1.165) is 5.56 Å². The summed E-state index contributed by atoms with van der Waals surface area (Å²) in [6.45, 7) is 2.29. The molecule has 1 heterocycles. The van der Waals surface area contributed by atoms with Crippen LogP contribution >= 0.6 is 0 Å². The summed E-state index contributed by atoms with van der Waals surface area (Å²) in [5.74, 6) is -2.34. The van der Waals surface area contributed by atoms with Gasteiger partial charge in [-0.05, 0) is 37.5 Å². The molecule has 0 spiro atoms. The highest BCUT2D eigenvalue weighted by Crippen LogP contribution is 2.36. The molecule has 1 fully saturated rings. The SMILES string of the molecule is Cc1ccc(C(=O)O)c(N2CCC(C(F)(F)F)CC2)c1. The maximum absolute atomic E-state index is 12.6. The van der Waals surface area contributed by atoms with Gasteiger partial charge in [-0.15, -0.1) is 0 Å². The molecule has 1 aliphatic heterocycles. The molecule has 2 rings (SSSR count). The number of aromatic carboxylic acids is 1. The average molecular weight is 287 g/mol. The van der Waals surface area contributed by atoms with Gasteiger partial charge in [-0.1, -0.05) is 6.07 Å². The van der Waals surface area contributed by atoms with Gasteiger partial charge in [-0.25, -0.2) is 4.79 Å². The Morgan fingerprint density at radius 3 is 2.40 bits per heavy atom. The van der Waals surface area contributed by atoms with E-state index in [1.165, 1.54) is 6.07 Å². The van der Waals surface area contributed by atoms with Gasteiger partial charge in [0.2, 0.25) is 0 Å². The molecule has 1 saturated heterocycles. The molecule has 6 heteroatoms. The van der Waals surface area contributed by atoms with E-state index in [1.807, 2.05) is 6.92 Å². The Morgan fingerprint density at radius 1 is 1.30 bits per heavy atom. The quantitative estimate of drug-likeness (QED) is 0.905. The lowest BCUT2D eigenvalue weighted by molar-refractivity contribution is -0.179. The minimum atomic E-state index is -4.16. The van der Waals surface area contributed by atoms with E-state index >= 15 is 0 Å². The lowest BCUT2D eigenvalue weighted by Crippen LogP contribution is -2.39. The van der Waals surface area contributed by atoms with Gasteiger partial charge in [0.1, 0.15) is 0 Å². The first-order chi connectivity index (χ1) is 9.29. The maximum atomic E-state index is 12.6. The Labute approximate surface area is 115 Å². The predicted molar refractivity (Wildman–Crippen MR) is 69.1 cm³/mol. The molecule has 0 amide bonds. The summed E-state index contributed by atoms with van der Waals surface area (Å²) < 4.78 is 37.9. The van der Waals surface area contributed by atoms with Crippen molar-refractivity contribution in [2.24, 2.45) is 5.92 Å². The normalized spacial score (nSPS) is 17.3. The van der Waals surface area contributed by atoms with Crippen molar-refractivity contribution in [2.45, 2.75) is 25.9 Å². The Bertz CT molecular complexity index is 506. The number of aryl methyl sites for hydroxylation is 1. The van der Waals surface area contributed by atoms with Crippen molar-refractivity contribution in [3.63, 3.8) is 0 Å². The zero-order valence-corrected chi connectivity index (χ0v) is 11.1. The van der Waals surface area contributed by atoms with Crippen LogP contribution < -0.4 is 4.90 Å². The van der Waals surface area contributed by atoms with Gasteiger partial charge in [0.05, 0.1) is 17.2 Å². The summed E-state index contributed by atoms with van der Waals surface area (Å²) in [7, 11) is 0. The van der Waals surface area contributed by atoms with Crippen LogP contribution in [0.2, 0.25) is 0 Å². The van der Waals surface area contributed by atoms with E-state index in [2.05, 4.69) is 0 Å². The summed E-state index contributed by atoms with van der Waals surface area (Å²) in [6.07, 6.45) is -4.14. The molecule has 110 valence electrons. The second kappa shape index (κ2) is 5.34. The molecule has 3 nitrogen and oxygen atoms in total. The van der Waals surface area contributed by atoms with Gasteiger partial charge in [0, 0.05) is 13.1 Å². The second-order valence-corrected chi connectivity index (χ2v) is 5.13. The zero-order valence-electron chi connectivity index (χ0n) is 11.1. The third kappa shape index (κ3) is 3.05. The number of nitrogens with zero attached hydrogens (tertiary/aromatic N) is 1. The largest absolute Gasteiger partial charge is 0.478 e. The average Bonchev–Trinajstić information content (AvgIpc) is 2.37. The molecule has 20 heavy (non-hydrogen) atoms. The number of carboxylic acids is 1. The fraction of sp³-hybridized carbons (Fsp3) is 0.500. The minimum absolute atomic E-state index is 0.0104. The van der Waals surface area contributed by atoms with Crippen molar-refractivity contribution in [3.8, 4) is 0 Å². The van der Waals surface area contributed by atoms with Crippen LogP contribution in [0.4, 0.5) is 18.9 Å². The molecule has 0 unspecified atom stereocenters. The van der Waals surface area contributed by atoms with Gasteiger partial charge in [0.15, 0.2) is 0 Å². The monoisotopic (exact) mass is 287 g/mol. The van der Waals surface area contributed by atoms with Gasteiger partial charge >= 0.3 is 12.1 Å². The molecule has 0 saturated carbocycles. The number of benzene rings is 1. The van der Waals surface area contributed by atoms with Crippen molar-refractivity contribution in [3.05, 3.63) is 29.3 Å². The van der Waals surface area contributed by atoms with E-state index < -0.39 is 18.1 Å². The molecule has 1 aromatic rings. The first kappa shape index (κ1) is 14.7. The van der Waals surface area contributed by atoms with E-state index in [4.69, 9.17) is 5.11 Å². The molecular weight excluding hydrogens is 271 g/mol. The van der Waals surface area contributed by atoms with E-state index in [0.29, 0.717) is 5.69 Å². The summed E-state index contributed by atoms with van der Waals surface area (Å²) in [4.78, 5) is 12.9. The number of halogens is 3. The van der Waals surface area contributed by atoms with Gasteiger partial charge in [-0.2, -0.15) is 13.2 Å². The van der Waals surface area contributed by atoms with Crippen LogP contribution in [0, 0.1) is 12.8 Å². The van der Waals surface area contributed by atoms with Crippen LogP contribution in [-0.4, -0.2) is 30.3 Å². The molecular formula is C14H16F3NO2. The third-order valence-corrected chi connectivity index (χ3v) is 3.68. The summed E-state index contributed by atoms with van der Waals surface area (Å²) in [5, 5.41) is 9.16. The highest BCUT2D eigenvalue weighted by molar-refractivity contribution is 5.94. The minimum Gasteiger partial charge on any atom is -0.478 e. The fourth-order valence-electron chi connectivity index (χ4n) is 2.53. The fourth-order valence-corrected chi connectivity index (χ4v) is 2.53. The molecule has 1 aliphatic rings. The number of hydrogen-bond acceptors (Lipinski definition) is 2. The summed E-state index contributed by atoms with van der Waals surface area (Å²) in [6, 6.07) is 4.91. The van der Waals surface area contributed by atoms with Crippen molar-refractivity contribution in [1.82, 2.24) is 0 Å². The van der Waals surface area contributed by atoms with Crippen molar-refractivity contribution in [1.29, 1.82) is 0 Å². The molecule has 0 radical (unpaired) electrons. The number of hydrogen-bond donors (Lipinski definition) is 1. The van der Waals surface area contributed by atoms with Crippen LogP contribution in [-0.2, 0) is 0 Å². The molecule has 0 aliphatic carbocycles. The Morgan fingerprint density at radius 2 is 1.90 bits per heavy atom. The summed E-state index contributed by atoms with van der Waals surface area (Å²) in [5.41, 5.74) is 1.54. The zero-order chi connectivity index (χ0) is 14.9. The number of anilines is 1. The van der Waals surface area contributed by atoms with Gasteiger partial charge in [0.25, 0.3) is 0 Å². The highest BCUT2D eigenvalue weighted by atomic mass is 19.4. The highest BCUT2D eigenvalue weighted by Gasteiger charge is 2.41. The number of piperidine rings is 1. The molecule has 0 atom stereocenters. The van der Waals surface area contributed by atoms with Crippen LogP contribution in [0.3, 0.4) is 0 Å². The van der Waals surface area contributed by atoms with Crippen molar-refractivity contribution < 1.29 is 23.1 Å². The Balaban J connectivity index is 2.18. The topological polar surface area (TPSA) is 40.5 Å². The number of carboxylic acid groups (broad SMARTS) is 1. The maximum Gasteiger partial charge on any atom is 0.391 e. The van der Waals surface area contributed by atoms with Crippen LogP contribution in [0.5, 0.6) is 0 Å². The van der Waals surface area contributed by atoms with Crippen LogP contribution in [0.15, 0.2) is 18.2 Å². The van der Waals surface area contributed by atoms with Crippen LogP contribution in [0.1, 0.15) is 28.8 Å². The van der Waals surface area contributed by atoms with E-state index in [1.54, 1.807) is 17.0 Å². The molecule has 1 N–H and O–H groups in total. The number of rotatable bonds is 2. The van der Waals surface area contributed by atoms with E-state index in [9.17, 15) is 18.0 Å². The smallest absolute Gasteiger partial charge is 0.391 e. The number of alkyl halides is 3. The van der Waals surface area contributed by atoms with Crippen LogP contribution in [0.25, 0.3) is 0 Å². The number of carbonyl (C=O) groups is 1. The Kier molecular flexibility index (Phi) is 3.92. The molecule has 0 aromatic heterocycles. The van der Waals surface area contributed by atoms with Gasteiger partial charge in [-0.3, -0.25) is 0 Å². The first-order valence-corrected chi connectivity index (χ1v) is 6.44. The predicted octanol–water partition coefficient (Wildman–Crippen LogP) is 3.47. The molecule has 0 bridgehead atoms. The lowest BCUT2D eigenvalue weighted by Gasteiger charge is -2.35. The standard InChI is InChI=1S/C14H16F3NO2/c1-9-2-3-11(13(19)20)12(8-9)18-6-4-10(5-7-18)14(15,16)17/h2-3,8,10H,4-7H2,1H3,(H,19,20). The van der Waals surface area contributed by atoms with E-state index in [-0.39, 0.29) is 31.5 Å². The lowest BCUT2D eigenvalue weighted by atomic mass is 9.95. The first-order valence-electron chi connectivity index (χ1n) is 6.44. The summed E-state index contributed by atoms with van der Waals surface area (Å²) >= 11 is 0. The van der Waals surface area contributed by atoms with Gasteiger partial charge < -0.3 is 10.0 Å². The second-order valence-electron chi connectivity index (χ2n) is 5.13. The molecule has 1 aromatic carbocycles.